The minimum absolute atomic E-state index is 0.266. The molecule has 0 bridgehead atoms. The maximum absolute atomic E-state index is 13.7. The molecule has 4 heterocycles. The van der Waals surface area contributed by atoms with Gasteiger partial charge in [-0.25, -0.2) is 9.78 Å². The van der Waals surface area contributed by atoms with Crippen LogP contribution >= 0.6 is 0 Å². The third-order valence-electron chi connectivity index (χ3n) is 7.70. The number of benzene rings is 1. The van der Waals surface area contributed by atoms with Crippen LogP contribution in [0.5, 0.6) is 5.88 Å². The van der Waals surface area contributed by atoms with Crippen molar-refractivity contribution < 1.29 is 14.3 Å². The van der Waals surface area contributed by atoms with E-state index in [0.29, 0.717) is 48.1 Å². The Balaban J connectivity index is 1.43. The quantitative estimate of drug-likeness (QED) is 0.641. The van der Waals surface area contributed by atoms with Crippen LogP contribution in [0.25, 0.3) is 0 Å². The lowest BCUT2D eigenvalue weighted by atomic mass is 9.83. The molecule has 1 atom stereocenters. The molecule has 0 saturated carbocycles. The number of hydrogen-bond donors (Lipinski definition) is 2. The summed E-state index contributed by atoms with van der Waals surface area (Å²) < 4.78 is 5.78. The highest BCUT2D eigenvalue weighted by Crippen LogP contribution is 2.44. The van der Waals surface area contributed by atoms with Gasteiger partial charge in [-0.3, -0.25) is 9.69 Å². The number of carbonyl (C=O) groups is 2. The molecule has 2 aromatic rings. The van der Waals surface area contributed by atoms with Gasteiger partial charge in [-0.05, 0) is 70.2 Å². The maximum Gasteiger partial charge on any atom is 0.318 e. The van der Waals surface area contributed by atoms with E-state index >= 15 is 0 Å². The number of amides is 3. The molecule has 0 radical (unpaired) electrons. The largest absolute Gasteiger partial charge is 0.478 e. The van der Waals surface area contributed by atoms with E-state index in [1.807, 2.05) is 6.92 Å². The number of pyridine rings is 1. The SMILES string of the molecule is CCOc1ncccc1C1(NC(=O)N2CCN(C3CCN(C)CC3)CC2)C(=O)Nc2ccc(C#N)cc21. The summed E-state index contributed by atoms with van der Waals surface area (Å²) in [5.41, 5.74) is 0.291. The number of nitriles is 1. The summed E-state index contributed by atoms with van der Waals surface area (Å²) >= 11 is 0. The number of nitrogens with zero attached hydrogens (tertiary/aromatic N) is 5. The number of fused-ring (bicyclic) bond motifs is 1. The van der Waals surface area contributed by atoms with E-state index in [0.717, 1.165) is 39.0 Å². The first-order chi connectivity index (χ1) is 18.0. The van der Waals surface area contributed by atoms with Crippen LogP contribution in [0.1, 0.15) is 36.5 Å². The lowest BCUT2D eigenvalue weighted by molar-refractivity contribution is -0.120. The monoisotopic (exact) mass is 503 g/mol. The number of urea groups is 1. The van der Waals surface area contributed by atoms with Gasteiger partial charge in [0.1, 0.15) is 0 Å². The van der Waals surface area contributed by atoms with Crippen LogP contribution in [0.2, 0.25) is 0 Å². The van der Waals surface area contributed by atoms with Gasteiger partial charge in [0.2, 0.25) is 5.88 Å². The summed E-state index contributed by atoms with van der Waals surface area (Å²) in [7, 11) is 2.16. The van der Waals surface area contributed by atoms with Crippen LogP contribution in [0, 0.1) is 11.3 Å². The number of likely N-dealkylation sites (tertiary alicyclic amines) is 1. The Labute approximate surface area is 217 Å². The average Bonchev–Trinajstić information content (AvgIpc) is 3.20. The smallest absolute Gasteiger partial charge is 0.318 e. The predicted molar refractivity (Wildman–Crippen MR) is 138 cm³/mol. The molecule has 194 valence electrons. The molecule has 2 saturated heterocycles. The molecule has 10 nitrogen and oxygen atoms in total. The Kier molecular flexibility index (Phi) is 7.00. The molecule has 3 aliphatic heterocycles. The zero-order chi connectivity index (χ0) is 26.0. The van der Waals surface area contributed by atoms with E-state index in [-0.39, 0.29) is 11.9 Å². The van der Waals surface area contributed by atoms with E-state index in [1.54, 1.807) is 41.4 Å². The fourth-order valence-corrected chi connectivity index (χ4v) is 5.65. The van der Waals surface area contributed by atoms with Crippen molar-refractivity contribution in [1.29, 1.82) is 5.26 Å². The molecule has 2 fully saturated rings. The second kappa shape index (κ2) is 10.4. The molecule has 3 amide bonds. The van der Waals surface area contributed by atoms with Gasteiger partial charge >= 0.3 is 6.03 Å². The minimum atomic E-state index is -1.58. The van der Waals surface area contributed by atoms with Gasteiger partial charge in [0.15, 0.2) is 5.54 Å². The fraction of sp³-hybridized carbons (Fsp3) is 0.481. The highest BCUT2D eigenvalue weighted by Gasteiger charge is 2.52. The van der Waals surface area contributed by atoms with Gasteiger partial charge in [0, 0.05) is 49.7 Å². The number of aromatic nitrogens is 1. The summed E-state index contributed by atoms with van der Waals surface area (Å²) in [4.78, 5) is 38.4. The van der Waals surface area contributed by atoms with Gasteiger partial charge in [-0.15, -0.1) is 0 Å². The Morgan fingerprint density at radius 2 is 1.95 bits per heavy atom. The number of piperazine rings is 1. The fourth-order valence-electron chi connectivity index (χ4n) is 5.65. The number of hydrogen-bond acceptors (Lipinski definition) is 7. The Bertz CT molecular complexity index is 1210. The van der Waals surface area contributed by atoms with Crippen LogP contribution in [-0.2, 0) is 10.3 Å². The summed E-state index contributed by atoms with van der Waals surface area (Å²) in [6.45, 7) is 7.13. The number of ether oxygens (including phenoxy) is 1. The summed E-state index contributed by atoms with van der Waals surface area (Å²) in [5.74, 6) is -0.146. The molecular weight excluding hydrogens is 470 g/mol. The second-order valence-corrected chi connectivity index (χ2v) is 9.85. The third-order valence-corrected chi connectivity index (χ3v) is 7.70. The molecule has 5 rings (SSSR count). The topological polar surface area (TPSA) is 114 Å². The zero-order valence-electron chi connectivity index (χ0n) is 21.4. The first kappa shape index (κ1) is 25.0. The van der Waals surface area contributed by atoms with Crippen molar-refractivity contribution in [3.05, 3.63) is 53.2 Å². The third kappa shape index (κ3) is 4.61. The molecule has 1 aromatic heterocycles. The van der Waals surface area contributed by atoms with Crippen LogP contribution in [0.3, 0.4) is 0 Å². The molecule has 1 unspecified atom stereocenters. The lowest BCUT2D eigenvalue weighted by Gasteiger charge is -2.42. The summed E-state index contributed by atoms with van der Waals surface area (Å²) in [5, 5.41) is 15.5. The number of rotatable bonds is 5. The van der Waals surface area contributed by atoms with Crippen molar-refractivity contribution in [2.24, 2.45) is 0 Å². The highest BCUT2D eigenvalue weighted by molar-refractivity contribution is 6.10. The molecule has 1 aromatic carbocycles. The van der Waals surface area contributed by atoms with Crippen molar-refractivity contribution in [3.63, 3.8) is 0 Å². The standard InChI is InChI=1S/C27H33N7O3/c1-3-37-24-21(5-4-10-29-24)27(22-17-19(18-28)6-7-23(22)30-25(27)35)31-26(36)34-15-13-33(14-16-34)20-8-11-32(2)12-9-20/h4-7,10,17,20H,3,8-9,11-16H2,1-2H3,(H,30,35)(H,31,36). The molecule has 37 heavy (non-hydrogen) atoms. The molecule has 3 aliphatic rings. The normalized spacial score (nSPS) is 22.7. The maximum atomic E-state index is 13.7. The Hall–Kier alpha value is -3.68. The van der Waals surface area contributed by atoms with Gasteiger partial charge in [-0.2, -0.15) is 5.26 Å². The number of nitrogens with one attached hydrogen (secondary N) is 2. The van der Waals surface area contributed by atoms with Crippen molar-refractivity contribution >= 4 is 17.6 Å². The molecule has 2 N–H and O–H groups in total. The van der Waals surface area contributed by atoms with Crippen LogP contribution in [-0.4, -0.2) is 90.6 Å². The van der Waals surface area contributed by atoms with Crippen LogP contribution in [0.4, 0.5) is 10.5 Å². The predicted octanol–water partition coefficient (Wildman–Crippen LogP) is 1.97. The van der Waals surface area contributed by atoms with Gasteiger partial charge in [0.25, 0.3) is 5.91 Å². The van der Waals surface area contributed by atoms with Crippen molar-refractivity contribution in [3.8, 4) is 11.9 Å². The molecular formula is C27H33N7O3. The van der Waals surface area contributed by atoms with Crippen molar-refractivity contribution in [2.75, 3.05) is 58.2 Å². The van der Waals surface area contributed by atoms with Gasteiger partial charge in [-0.1, -0.05) is 0 Å². The first-order valence-electron chi connectivity index (χ1n) is 12.9. The summed E-state index contributed by atoms with van der Waals surface area (Å²) in [6.07, 6.45) is 3.88. The average molecular weight is 504 g/mol. The summed E-state index contributed by atoms with van der Waals surface area (Å²) in [6, 6.07) is 10.8. The van der Waals surface area contributed by atoms with Crippen LogP contribution < -0.4 is 15.4 Å². The zero-order valence-corrected chi connectivity index (χ0v) is 21.4. The first-order valence-corrected chi connectivity index (χ1v) is 12.9. The molecule has 0 spiro atoms. The van der Waals surface area contributed by atoms with E-state index < -0.39 is 11.4 Å². The lowest BCUT2D eigenvalue weighted by Crippen LogP contribution is -2.60. The van der Waals surface area contributed by atoms with E-state index in [1.165, 1.54) is 0 Å². The van der Waals surface area contributed by atoms with Gasteiger partial charge < -0.3 is 25.2 Å². The van der Waals surface area contributed by atoms with E-state index in [4.69, 9.17) is 4.74 Å². The van der Waals surface area contributed by atoms with Crippen molar-refractivity contribution in [1.82, 2.24) is 25.0 Å². The molecule has 10 heteroatoms. The molecule has 0 aliphatic carbocycles. The number of carbonyl (C=O) groups excluding carboxylic acids is 2. The number of piperidine rings is 1. The van der Waals surface area contributed by atoms with E-state index in [9.17, 15) is 14.9 Å². The van der Waals surface area contributed by atoms with Crippen LogP contribution in [0.15, 0.2) is 36.5 Å². The number of anilines is 1. The highest BCUT2D eigenvalue weighted by atomic mass is 16.5. The van der Waals surface area contributed by atoms with Gasteiger partial charge in [0.05, 0.1) is 23.8 Å². The van der Waals surface area contributed by atoms with E-state index in [2.05, 4.69) is 38.5 Å². The Morgan fingerprint density at radius 3 is 2.65 bits per heavy atom. The second-order valence-electron chi connectivity index (χ2n) is 9.85. The Morgan fingerprint density at radius 1 is 1.19 bits per heavy atom. The minimum Gasteiger partial charge on any atom is -0.478 e. The van der Waals surface area contributed by atoms with Crippen molar-refractivity contribution in [2.45, 2.75) is 31.3 Å².